The first-order valence-corrected chi connectivity index (χ1v) is 26.8. The number of hydrogen-bond acceptors (Lipinski definition) is 3. The van der Waals surface area contributed by atoms with Gasteiger partial charge in [-0.1, -0.05) is 218 Å². The number of fused-ring (bicyclic) bond motifs is 9. The highest BCUT2D eigenvalue weighted by molar-refractivity contribution is 7.20. The van der Waals surface area contributed by atoms with Crippen LogP contribution in [0.2, 0.25) is 0 Å². The van der Waals surface area contributed by atoms with Crippen LogP contribution in [0.4, 0.5) is 0 Å². The van der Waals surface area contributed by atoms with Gasteiger partial charge in [0.15, 0.2) is 19.7 Å². The number of aromatic nitrogens is 6. The molecule has 4 aromatic heterocycles. The highest BCUT2D eigenvalue weighted by Crippen LogP contribution is 2.40. The Bertz CT molecular complexity index is 5380. The molecule has 0 saturated carbocycles. The van der Waals surface area contributed by atoms with Crippen LogP contribution in [0.3, 0.4) is 0 Å². The van der Waals surface area contributed by atoms with Gasteiger partial charge in [-0.15, -0.1) is 0 Å². The van der Waals surface area contributed by atoms with Crippen molar-refractivity contribution < 1.29 is 17.8 Å². The summed E-state index contributed by atoms with van der Waals surface area (Å²) >= 11 is 0. The Hall–Kier alpha value is -9.95. The van der Waals surface area contributed by atoms with Gasteiger partial charge in [0.05, 0.1) is 56.6 Å². The Balaban J connectivity index is 1.10. The smallest absolute Gasteiger partial charge is 0.238 e. The molecular weight excluding hydrogens is 941 g/mol. The SMILES string of the molecule is [2H]c1c([2H])c([2H])c(-c2nc(-c3cc([Si](c4ccccc4)(c4ccccc4)c4ccccc4)ccc3-n3c4ccccc4c4cc(-n5c6ccccc6c6c([2H])c([2H])c([2H])c([2H])c65)ccc43)nc(-n3c4ccccc4c4c([2H])c([2H])c([2H])c([2H])c43)n2)c([2H])c1[2H]. The molecule has 15 aromatic rings. The van der Waals surface area contributed by atoms with E-state index in [-0.39, 0.29) is 70.3 Å². The van der Waals surface area contributed by atoms with Gasteiger partial charge in [-0.2, -0.15) is 9.97 Å². The lowest BCUT2D eigenvalue weighted by Gasteiger charge is -2.35. The normalized spacial score (nSPS) is 14.3. The van der Waals surface area contributed by atoms with Crippen molar-refractivity contribution in [3.05, 3.63) is 279 Å². The molecule has 11 aromatic carbocycles. The Labute approximate surface area is 458 Å². The summed E-state index contributed by atoms with van der Waals surface area (Å²) in [5.41, 5.74) is 4.28. The van der Waals surface area contributed by atoms with Gasteiger partial charge in [0.25, 0.3) is 0 Å². The zero-order valence-corrected chi connectivity index (χ0v) is 41.2. The molecule has 0 fully saturated rings. The molecule has 15 rings (SSSR count). The van der Waals surface area contributed by atoms with E-state index in [1.54, 1.807) is 24.3 Å². The van der Waals surface area contributed by atoms with E-state index in [2.05, 4.69) is 53.1 Å². The van der Waals surface area contributed by atoms with Crippen LogP contribution in [0.1, 0.15) is 17.8 Å². The molecule has 76 heavy (non-hydrogen) atoms. The van der Waals surface area contributed by atoms with Crippen molar-refractivity contribution >= 4 is 94.2 Å². The molecule has 4 heterocycles. The molecule has 0 spiro atoms. The molecular formula is C69H46N6Si. The third-order valence-electron chi connectivity index (χ3n) is 14.6. The fourth-order valence-corrected chi connectivity index (χ4v) is 16.2. The molecule has 0 N–H and O–H groups in total. The van der Waals surface area contributed by atoms with Crippen molar-refractivity contribution in [1.29, 1.82) is 0 Å². The molecule has 0 unspecified atom stereocenters. The maximum Gasteiger partial charge on any atom is 0.238 e. The van der Waals surface area contributed by atoms with Crippen molar-refractivity contribution in [1.82, 2.24) is 28.7 Å². The van der Waals surface area contributed by atoms with Gasteiger partial charge in [0, 0.05) is 49.1 Å². The zero-order chi connectivity index (χ0) is 61.5. The second-order valence-corrected chi connectivity index (χ2v) is 22.4. The summed E-state index contributed by atoms with van der Waals surface area (Å²) in [5, 5.41) is 7.45. The van der Waals surface area contributed by atoms with Crippen LogP contribution < -0.4 is 20.7 Å². The molecule has 356 valence electrons. The summed E-state index contributed by atoms with van der Waals surface area (Å²) in [6.07, 6.45) is 0. The van der Waals surface area contributed by atoms with Crippen molar-refractivity contribution in [2.45, 2.75) is 0 Å². The summed E-state index contributed by atoms with van der Waals surface area (Å²) in [5.74, 6) is -0.448. The Morgan fingerprint density at radius 1 is 0.316 bits per heavy atom. The maximum atomic E-state index is 9.49. The Morgan fingerprint density at radius 2 is 0.789 bits per heavy atom. The average Bonchev–Trinajstić information content (AvgIpc) is 1.69. The lowest BCUT2D eigenvalue weighted by atomic mass is 10.1. The maximum absolute atomic E-state index is 9.49. The predicted octanol–water partition coefficient (Wildman–Crippen LogP) is 13.9. The summed E-state index contributed by atoms with van der Waals surface area (Å²) in [6.45, 7) is 0. The van der Waals surface area contributed by atoms with Crippen LogP contribution in [0.15, 0.2) is 279 Å². The van der Waals surface area contributed by atoms with Crippen LogP contribution >= 0.6 is 0 Å². The average molecular weight is 1000 g/mol. The summed E-state index contributed by atoms with van der Waals surface area (Å²) in [4.78, 5) is 15.6. The molecule has 0 amide bonds. The standard InChI is InChI=1S/C69H46N6Si/c1-5-23-47(24-6-1)67-70-68(72-69(71-67)75-63-39-21-15-33-55(63)56-34-16-22-40-64(56)75)59-46-52(76(49-25-7-2-8-26-49,50-27-9-3-10-28-50)51-29-11-4-12-30-51)42-44-66(59)74-62-38-20-17-35-57(62)58-45-48(41-43-65(58)74)73-60-36-18-13-31-53(60)54-32-14-19-37-61(54)73/h1-46H/i1D,5D,6D,13D,15D,18D,21D,23D,24D,31D,33D,36D,39D. The van der Waals surface area contributed by atoms with Crippen molar-refractivity contribution in [2.75, 3.05) is 0 Å². The van der Waals surface area contributed by atoms with Crippen molar-refractivity contribution in [3.8, 4) is 40.1 Å². The topological polar surface area (TPSA) is 53.5 Å². The van der Waals surface area contributed by atoms with E-state index in [1.807, 2.05) is 132 Å². The minimum absolute atomic E-state index is 0.000481. The van der Waals surface area contributed by atoms with E-state index >= 15 is 0 Å². The van der Waals surface area contributed by atoms with Crippen molar-refractivity contribution in [3.63, 3.8) is 0 Å². The predicted molar refractivity (Wildman–Crippen MR) is 317 cm³/mol. The first kappa shape index (κ1) is 32.3. The van der Waals surface area contributed by atoms with Crippen LogP contribution in [0, 0.1) is 0 Å². The van der Waals surface area contributed by atoms with E-state index < -0.39 is 50.4 Å². The highest BCUT2D eigenvalue weighted by Gasteiger charge is 2.42. The lowest BCUT2D eigenvalue weighted by molar-refractivity contribution is 0.952. The van der Waals surface area contributed by atoms with Gasteiger partial charge in [-0.05, 0) is 81.4 Å². The van der Waals surface area contributed by atoms with Gasteiger partial charge in [0.2, 0.25) is 5.95 Å². The highest BCUT2D eigenvalue weighted by atomic mass is 28.3. The molecule has 6 nitrogen and oxygen atoms in total. The van der Waals surface area contributed by atoms with Gasteiger partial charge in [0.1, 0.15) is 0 Å². The van der Waals surface area contributed by atoms with E-state index in [0.717, 1.165) is 42.6 Å². The summed E-state index contributed by atoms with van der Waals surface area (Å²) in [7, 11) is -3.42. The van der Waals surface area contributed by atoms with Gasteiger partial charge in [-0.3, -0.25) is 4.57 Å². The monoisotopic (exact) mass is 999 g/mol. The molecule has 0 saturated heterocycles. The molecule has 0 aliphatic carbocycles. The van der Waals surface area contributed by atoms with Gasteiger partial charge in [-0.25, -0.2) is 4.98 Å². The largest absolute Gasteiger partial charge is 0.309 e. The van der Waals surface area contributed by atoms with E-state index in [0.29, 0.717) is 49.6 Å². The fraction of sp³-hybridized carbons (Fsp3) is 0. The van der Waals surface area contributed by atoms with Gasteiger partial charge >= 0.3 is 0 Å². The minimum atomic E-state index is -3.42. The number of para-hydroxylation sites is 5. The number of benzene rings is 11. The molecule has 0 bridgehead atoms. The Kier molecular flexibility index (Phi) is 7.48. The second kappa shape index (κ2) is 17.6. The first-order chi connectivity index (χ1) is 43.1. The zero-order valence-electron chi connectivity index (χ0n) is 53.2. The fourth-order valence-electron chi connectivity index (χ4n) is 11.4. The minimum Gasteiger partial charge on any atom is -0.309 e. The summed E-state index contributed by atoms with van der Waals surface area (Å²) < 4.78 is 123. The number of nitrogens with zero attached hydrogens (tertiary/aromatic N) is 6. The van der Waals surface area contributed by atoms with E-state index in [4.69, 9.17) is 25.9 Å². The first-order valence-electron chi connectivity index (χ1n) is 31.3. The number of rotatable bonds is 9. The van der Waals surface area contributed by atoms with Gasteiger partial charge < -0.3 is 9.13 Å². The molecule has 0 aliphatic heterocycles. The number of hydrogen-bond donors (Lipinski definition) is 0. The van der Waals surface area contributed by atoms with Crippen LogP contribution in [0.25, 0.3) is 106 Å². The van der Waals surface area contributed by atoms with Crippen molar-refractivity contribution in [2.24, 2.45) is 0 Å². The second-order valence-electron chi connectivity index (χ2n) is 18.6. The summed E-state index contributed by atoms with van der Waals surface area (Å²) in [6, 6.07) is 60.1. The van der Waals surface area contributed by atoms with E-state index in [1.165, 1.54) is 4.57 Å². The quantitative estimate of drug-likeness (QED) is 0.107. The van der Waals surface area contributed by atoms with Crippen LogP contribution in [-0.2, 0) is 0 Å². The molecule has 7 heteroatoms. The molecule has 0 radical (unpaired) electrons. The Morgan fingerprint density at radius 3 is 1.39 bits per heavy atom. The third kappa shape index (κ3) is 6.69. The molecule has 0 atom stereocenters. The van der Waals surface area contributed by atoms with Crippen LogP contribution in [-0.4, -0.2) is 36.7 Å². The van der Waals surface area contributed by atoms with E-state index in [9.17, 15) is 6.85 Å². The van der Waals surface area contributed by atoms with Crippen LogP contribution in [0.5, 0.6) is 0 Å². The lowest BCUT2D eigenvalue weighted by Crippen LogP contribution is -2.74. The molecule has 0 aliphatic rings. The third-order valence-corrected chi connectivity index (χ3v) is 19.4.